The number of carbonyl (C=O) groups excluding carboxylic acids is 2. The van der Waals surface area contributed by atoms with Gasteiger partial charge in [-0.2, -0.15) is 5.10 Å². The Morgan fingerprint density at radius 2 is 1.83 bits per heavy atom. The maximum Gasteiger partial charge on any atom is 0.311 e. The molecule has 6 heteroatoms. The highest BCUT2D eigenvalue weighted by atomic mass is 16.5. The van der Waals surface area contributed by atoms with Crippen LogP contribution in [0.5, 0.6) is 0 Å². The molecule has 2 heterocycles. The van der Waals surface area contributed by atoms with Crippen molar-refractivity contribution in [2.75, 3.05) is 13.1 Å². The van der Waals surface area contributed by atoms with Crippen molar-refractivity contribution < 1.29 is 14.3 Å². The van der Waals surface area contributed by atoms with E-state index in [0.717, 1.165) is 49.3 Å². The van der Waals surface area contributed by atoms with E-state index in [9.17, 15) is 9.59 Å². The Kier molecular flexibility index (Phi) is 6.72. The molecule has 1 aromatic heterocycles. The van der Waals surface area contributed by atoms with Crippen molar-refractivity contribution in [3.05, 3.63) is 52.8 Å². The molecule has 0 spiro atoms. The van der Waals surface area contributed by atoms with E-state index in [1.807, 2.05) is 31.9 Å². The summed E-state index contributed by atoms with van der Waals surface area (Å²) in [6, 6.07) is 10.5. The Bertz CT molecular complexity index is 852. The van der Waals surface area contributed by atoms with Gasteiger partial charge < -0.3 is 9.64 Å². The van der Waals surface area contributed by atoms with Gasteiger partial charge in [-0.05, 0) is 51.5 Å². The maximum absolute atomic E-state index is 12.7. The summed E-state index contributed by atoms with van der Waals surface area (Å²) in [5.41, 5.74) is 3.99. The molecule has 3 rings (SSSR count). The molecule has 1 fully saturated rings. The van der Waals surface area contributed by atoms with Gasteiger partial charge in [0.15, 0.2) is 6.10 Å². The largest absolute Gasteiger partial charge is 0.452 e. The highest BCUT2D eigenvalue weighted by Crippen LogP contribution is 2.22. The first-order chi connectivity index (χ1) is 13.8. The van der Waals surface area contributed by atoms with Crippen molar-refractivity contribution in [2.24, 2.45) is 13.0 Å². The van der Waals surface area contributed by atoms with Crippen LogP contribution in [0, 0.1) is 19.8 Å². The number of benzene rings is 1. The van der Waals surface area contributed by atoms with Crippen LogP contribution in [-0.4, -0.2) is 45.8 Å². The Morgan fingerprint density at radius 1 is 1.17 bits per heavy atom. The van der Waals surface area contributed by atoms with Gasteiger partial charge in [0.05, 0.1) is 12.1 Å². The van der Waals surface area contributed by atoms with Gasteiger partial charge in [0.25, 0.3) is 5.91 Å². The number of piperidine rings is 1. The molecule has 1 amide bonds. The number of aromatic nitrogens is 2. The Balaban J connectivity index is 1.47. The van der Waals surface area contributed by atoms with Gasteiger partial charge in [-0.15, -0.1) is 0 Å². The number of ether oxygens (including phenoxy) is 1. The molecule has 0 N–H and O–H groups in total. The van der Waals surface area contributed by atoms with Gasteiger partial charge in [-0.25, -0.2) is 0 Å². The van der Waals surface area contributed by atoms with Crippen molar-refractivity contribution >= 4 is 11.9 Å². The number of esters is 1. The zero-order valence-corrected chi connectivity index (χ0v) is 17.9. The molecule has 0 saturated carbocycles. The predicted molar refractivity (Wildman–Crippen MR) is 111 cm³/mol. The van der Waals surface area contributed by atoms with E-state index in [1.165, 1.54) is 5.56 Å². The normalized spacial score (nSPS) is 15.9. The molecular formula is C23H31N3O3. The lowest BCUT2D eigenvalue weighted by Crippen LogP contribution is -2.44. The number of likely N-dealkylation sites (tertiary alicyclic amines) is 1. The van der Waals surface area contributed by atoms with Crippen LogP contribution in [0.1, 0.15) is 42.3 Å². The zero-order chi connectivity index (χ0) is 21.0. The van der Waals surface area contributed by atoms with Crippen LogP contribution in [0.4, 0.5) is 0 Å². The topological polar surface area (TPSA) is 64.4 Å². The van der Waals surface area contributed by atoms with E-state index >= 15 is 0 Å². The van der Waals surface area contributed by atoms with Crippen LogP contribution < -0.4 is 0 Å². The molecule has 1 atom stereocenters. The fourth-order valence-corrected chi connectivity index (χ4v) is 4.07. The molecule has 1 aromatic carbocycles. The van der Waals surface area contributed by atoms with Gasteiger partial charge in [0.1, 0.15) is 0 Å². The minimum Gasteiger partial charge on any atom is -0.452 e. The van der Waals surface area contributed by atoms with Crippen molar-refractivity contribution in [1.82, 2.24) is 14.7 Å². The molecule has 156 valence electrons. The van der Waals surface area contributed by atoms with Crippen LogP contribution in [-0.2, 0) is 34.2 Å². The average molecular weight is 398 g/mol. The highest BCUT2D eigenvalue weighted by molar-refractivity contribution is 5.84. The third kappa shape index (κ3) is 5.25. The van der Waals surface area contributed by atoms with E-state index in [2.05, 4.69) is 29.4 Å². The smallest absolute Gasteiger partial charge is 0.311 e. The SMILES string of the molecule is Cc1nn(C)c(C)c1CC(=O)OC(C)C(=O)N1CCC(Cc2ccccc2)CC1. The summed E-state index contributed by atoms with van der Waals surface area (Å²) in [6.45, 7) is 6.91. The second-order valence-electron chi connectivity index (χ2n) is 8.04. The van der Waals surface area contributed by atoms with E-state index in [0.29, 0.717) is 5.92 Å². The van der Waals surface area contributed by atoms with Crippen LogP contribution in [0.15, 0.2) is 30.3 Å². The summed E-state index contributed by atoms with van der Waals surface area (Å²) in [7, 11) is 1.85. The first-order valence-electron chi connectivity index (χ1n) is 10.4. The fraction of sp³-hybridized carbons (Fsp3) is 0.522. The van der Waals surface area contributed by atoms with Crippen LogP contribution in [0.25, 0.3) is 0 Å². The molecule has 1 unspecified atom stereocenters. The van der Waals surface area contributed by atoms with E-state index in [4.69, 9.17) is 4.74 Å². The Labute approximate surface area is 172 Å². The second kappa shape index (κ2) is 9.25. The highest BCUT2D eigenvalue weighted by Gasteiger charge is 2.28. The molecule has 1 saturated heterocycles. The fourth-order valence-electron chi connectivity index (χ4n) is 4.07. The number of hydrogen-bond acceptors (Lipinski definition) is 4. The molecule has 1 aliphatic heterocycles. The van der Waals surface area contributed by atoms with Crippen molar-refractivity contribution in [1.29, 1.82) is 0 Å². The number of aryl methyl sites for hydroxylation is 2. The van der Waals surface area contributed by atoms with Gasteiger partial charge in [0.2, 0.25) is 0 Å². The molecule has 1 aliphatic rings. The van der Waals surface area contributed by atoms with E-state index in [-0.39, 0.29) is 18.3 Å². The lowest BCUT2D eigenvalue weighted by molar-refractivity contribution is -0.159. The first kappa shape index (κ1) is 21.1. The van der Waals surface area contributed by atoms with Gasteiger partial charge in [0, 0.05) is 31.4 Å². The summed E-state index contributed by atoms with van der Waals surface area (Å²) < 4.78 is 7.20. The summed E-state index contributed by atoms with van der Waals surface area (Å²) in [6.07, 6.45) is 2.40. The number of hydrogen-bond donors (Lipinski definition) is 0. The van der Waals surface area contributed by atoms with Gasteiger partial charge in [-0.1, -0.05) is 30.3 Å². The second-order valence-corrected chi connectivity index (χ2v) is 8.04. The predicted octanol–water partition coefficient (Wildman–Crippen LogP) is 2.99. The standard InChI is InChI=1S/C23H31N3O3/c1-16-21(17(2)25(4)24-16)15-22(27)29-18(3)23(28)26-12-10-20(11-13-26)14-19-8-6-5-7-9-19/h5-9,18,20H,10-15H2,1-4H3. The van der Waals surface area contributed by atoms with Crippen LogP contribution in [0.3, 0.4) is 0 Å². The summed E-state index contributed by atoms with van der Waals surface area (Å²) in [5, 5.41) is 4.32. The van der Waals surface area contributed by atoms with Gasteiger partial charge in [-0.3, -0.25) is 14.3 Å². The maximum atomic E-state index is 12.7. The molecule has 0 aliphatic carbocycles. The summed E-state index contributed by atoms with van der Waals surface area (Å²) in [5.74, 6) is 0.107. The third-order valence-electron chi connectivity index (χ3n) is 5.93. The Hall–Kier alpha value is -2.63. The number of nitrogens with zero attached hydrogens (tertiary/aromatic N) is 3. The zero-order valence-electron chi connectivity index (χ0n) is 17.9. The molecule has 0 bridgehead atoms. The van der Waals surface area contributed by atoms with E-state index < -0.39 is 6.10 Å². The summed E-state index contributed by atoms with van der Waals surface area (Å²) in [4.78, 5) is 26.9. The molecule has 29 heavy (non-hydrogen) atoms. The molecule has 0 radical (unpaired) electrons. The first-order valence-corrected chi connectivity index (χ1v) is 10.4. The van der Waals surface area contributed by atoms with Crippen LogP contribution in [0.2, 0.25) is 0 Å². The number of rotatable bonds is 6. The minimum absolute atomic E-state index is 0.101. The number of carbonyl (C=O) groups is 2. The monoisotopic (exact) mass is 397 g/mol. The lowest BCUT2D eigenvalue weighted by Gasteiger charge is -2.33. The van der Waals surface area contributed by atoms with Crippen molar-refractivity contribution in [2.45, 2.75) is 52.6 Å². The number of amides is 1. The summed E-state index contributed by atoms with van der Waals surface area (Å²) >= 11 is 0. The van der Waals surface area contributed by atoms with Crippen molar-refractivity contribution in [3.63, 3.8) is 0 Å². The van der Waals surface area contributed by atoms with E-state index in [1.54, 1.807) is 11.6 Å². The Morgan fingerprint density at radius 3 is 2.41 bits per heavy atom. The minimum atomic E-state index is -0.759. The van der Waals surface area contributed by atoms with Crippen LogP contribution >= 0.6 is 0 Å². The lowest BCUT2D eigenvalue weighted by atomic mass is 9.90. The molecule has 2 aromatic rings. The van der Waals surface area contributed by atoms with Gasteiger partial charge >= 0.3 is 5.97 Å². The molecular weight excluding hydrogens is 366 g/mol. The van der Waals surface area contributed by atoms with Crippen molar-refractivity contribution in [3.8, 4) is 0 Å². The quantitative estimate of drug-likeness (QED) is 0.703. The molecule has 6 nitrogen and oxygen atoms in total. The average Bonchev–Trinajstić information content (AvgIpc) is 2.94. The third-order valence-corrected chi connectivity index (χ3v) is 5.93.